The molecule has 196 valence electrons. The highest BCUT2D eigenvalue weighted by Gasteiger charge is 2.19. The number of ether oxygens (including phenoxy) is 2. The first-order chi connectivity index (χ1) is 19.1. The van der Waals surface area contributed by atoms with Gasteiger partial charge in [0, 0.05) is 11.3 Å². The number of methoxy groups -OCH3 is 2. The number of nitrogens with one attached hydrogen (secondary N) is 1. The van der Waals surface area contributed by atoms with E-state index in [2.05, 4.69) is 38.9 Å². The third-order valence-electron chi connectivity index (χ3n) is 6.14. The molecule has 1 aromatic heterocycles. The molecule has 39 heavy (non-hydrogen) atoms. The van der Waals surface area contributed by atoms with E-state index in [1.807, 2.05) is 84.3 Å². The van der Waals surface area contributed by atoms with Crippen LogP contribution < -0.4 is 14.9 Å². The van der Waals surface area contributed by atoms with Crippen molar-refractivity contribution < 1.29 is 14.3 Å². The molecule has 0 aliphatic heterocycles. The van der Waals surface area contributed by atoms with Gasteiger partial charge in [-0.15, -0.1) is 10.2 Å². The summed E-state index contributed by atoms with van der Waals surface area (Å²) in [7, 11) is 3.19. The van der Waals surface area contributed by atoms with Gasteiger partial charge in [-0.25, -0.2) is 5.43 Å². The largest absolute Gasteiger partial charge is 0.493 e. The number of carbonyl (C=O) groups is 1. The standard InChI is InChI=1S/C30H27N5O3S/c1-20(22-14-13-21-9-7-8-10-23(21)17-22)31-32-28(36)19-39-30-34-33-29(35(30)25-11-5-4-6-12-25)24-15-16-26(37-2)27(18-24)38-3/h4-18H,19H2,1-3H3,(H,32,36)/b31-20+. The van der Waals surface area contributed by atoms with Gasteiger partial charge in [0.15, 0.2) is 22.5 Å². The molecule has 1 heterocycles. The summed E-state index contributed by atoms with van der Waals surface area (Å²) in [4.78, 5) is 12.7. The number of thioether (sulfide) groups is 1. The summed E-state index contributed by atoms with van der Waals surface area (Å²) in [6.07, 6.45) is 0. The fraction of sp³-hybridized carbons (Fsp3) is 0.133. The van der Waals surface area contributed by atoms with Gasteiger partial charge in [0.1, 0.15) is 0 Å². The van der Waals surface area contributed by atoms with Crippen LogP contribution in [0.2, 0.25) is 0 Å². The van der Waals surface area contributed by atoms with Crippen LogP contribution in [0.1, 0.15) is 12.5 Å². The molecule has 0 bridgehead atoms. The lowest BCUT2D eigenvalue weighted by Crippen LogP contribution is -2.21. The molecular weight excluding hydrogens is 510 g/mol. The zero-order valence-corrected chi connectivity index (χ0v) is 22.6. The fourth-order valence-electron chi connectivity index (χ4n) is 4.12. The van der Waals surface area contributed by atoms with E-state index >= 15 is 0 Å². The molecule has 1 N–H and O–H groups in total. The molecule has 0 unspecified atom stereocenters. The Bertz CT molecular complexity index is 1650. The molecule has 0 radical (unpaired) electrons. The van der Waals surface area contributed by atoms with E-state index in [1.54, 1.807) is 14.2 Å². The van der Waals surface area contributed by atoms with E-state index in [0.717, 1.165) is 33.3 Å². The smallest absolute Gasteiger partial charge is 0.250 e. The van der Waals surface area contributed by atoms with Gasteiger partial charge in [0.05, 0.1) is 25.7 Å². The first-order valence-electron chi connectivity index (χ1n) is 12.3. The molecule has 8 nitrogen and oxygen atoms in total. The summed E-state index contributed by atoms with van der Waals surface area (Å²) in [6.45, 7) is 1.87. The molecule has 0 atom stereocenters. The maximum atomic E-state index is 12.7. The van der Waals surface area contributed by atoms with E-state index in [-0.39, 0.29) is 11.7 Å². The summed E-state index contributed by atoms with van der Waals surface area (Å²) in [5.41, 5.74) is 6.02. The quantitative estimate of drug-likeness (QED) is 0.147. The Morgan fingerprint density at radius 1 is 0.872 bits per heavy atom. The number of rotatable bonds is 9. The minimum Gasteiger partial charge on any atom is -0.493 e. The Morgan fingerprint density at radius 3 is 2.38 bits per heavy atom. The van der Waals surface area contributed by atoms with Crippen molar-refractivity contribution in [3.63, 3.8) is 0 Å². The molecular formula is C30H27N5O3S. The van der Waals surface area contributed by atoms with Crippen molar-refractivity contribution in [1.29, 1.82) is 0 Å². The second-order valence-corrected chi connectivity index (χ2v) is 9.57. The zero-order chi connectivity index (χ0) is 27.2. The van der Waals surface area contributed by atoms with E-state index < -0.39 is 0 Å². The van der Waals surface area contributed by atoms with E-state index in [1.165, 1.54) is 11.8 Å². The zero-order valence-electron chi connectivity index (χ0n) is 21.8. The normalized spacial score (nSPS) is 11.4. The van der Waals surface area contributed by atoms with Gasteiger partial charge in [-0.2, -0.15) is 5.10 Å². The lowest BCUT2D eigenvalue weighted by molar-refractivity contribution is -0.118. The number of aromatic nitrogens is 3. The average molecular weight is 538 g/mol. The van der Waals surface area contributed by atoms with Crippen LogP contribution in [0, 0.1) is 0 Å². The lowest BCUT2D eigenvalue weighted by atomic mass is 10.0. The number of carbonyl (C=O) groups excluding carboxylic acids is 1. The molecule has 5 aromatic rings. The summed E-state index contributed by atoms with van der Waals surface area (Å²) in [6, 6.07) is 29.6. The summed E-state index contributed by atoms with van der Waals surface area (Å²) in [5.74, 6) is 1.71. The Labute approximate surface area is 230 Å². The van der Waals surface area contributed by atoms with Crippen molar-refractivity contribution in [2.24, 2.45) is 5.10 Å². The summed E-state index contributed by atoms with van der Waals surface area (Å²) >= 11 is 1.28. The van der Waals surface area contributed by atoms with Crippen LogP contribution >= 0.6 is 11.8 Å². The molecule has 0 fully saturated rings. The van der Waals surface area contributed by atoms with Crippen LogP contribution in [0.25, 0.3) is 27.8 Å². The number of amides is 1. The number of benzene rings is 4. The Morgan fingerprint density at radius 2 is 1.62 bits per heavy atom. The molecule has 0 saturated carbocycles. The van der Waals surface area contributed by atoms with Crippen molar-refractivity contribution in [2.75, 3.05) is 20.0 Å². The SMILES string of the molecule is COc1ccc(-c2nnc(SCC(=O)N/N=C(\C)c3ccc4ccccc4c3)n2-c2ccccc2)cc1OC. The monoisotopic (exact) mass is 537 g/mol. The molecule has 9 heteroatoms. The third-order valence-corrected chi connectivity index (χ3v) is 7.07. The maximum Gasteiger partial charge on any atom is 0.250 e. The molecule has 5 rings (SSSR count). The predicted molar refractivity (Wildman–Crippen MR) is 155 cm³/mol. The highest BCUT2D eigenvalue weighted by atomic mass is 32.2. The summed E-state index contributed by atoms with van der Waals surface area (Å²) < 4.78 is 12.8. The van der Waals surface area contributed by atoms with Crippen LogP contribution in [0.5, 0.6) is 11.5 Å². The molecule has 1 amide bonds. The maximum absolute atomic E-state index is 12.7. The predicted octanol–water partition coefficient (Wildman–Crippen LogP) is 5.74. The van der Waals surface area contributed by atoms with Gasteiger partial charge in [-0.3, -0.25) is 9.36 Å². The van der Waals surface area contributed by atoms with E-state index in [4.69, 9.17) is 9.47 Å². The van der Waals surface area contributed by atoms with Gasteiger partial charge in [0.2, 0.25) is 0 Å². The molecule has 4 aromatic carbocycles. The van der Waals surface area contributed by atoms with Gasteiger partial charge >= 0.3 is 0 Å². The number of fused-ring (bicyclic) bond motifs is 1. The van der Waals surface area contributed by atoms with E-state index in [0.29, 0.717) is 22.5 Å². The first kappa shape index (κ1) is 26.0. The highest BCUT2D eigenvalue weighted by molar-refractivity contribution is 7.99. The number of nitrogens with zero attached hydrogens (tertiary/aromatic N) is 4. The fourth-order valence-corrected chi connectivity index (χ4v) is 4.87. The second kappa shape index (κ2) is 11.8. The molecule has 0 spiro atoms. The lowest BCUT2D eigenvalue weighted by Gasteiger charge is -2.12. The average Bonchev–Trinajstić information content (AvgIpc) is 3.42. The molecule has 0 saturated heterocycles. The van der Waals surface area contributed by atoms with Gasteiger partial charge in [-0.05, 0) is 59.7 Å². The second-order valence-electron chi connectivity index (χ2n) is 8.63. The van der Waals surface area contributed by atoms with Crippen LogP contribution in [0.15, 0.2) is 101 Å². The van der Waals surface area contributed by atoms with Gasteiger partial charge < -0.3 is 9.47 Å². The van der Waals surface area contributed by atoms with Crippen LogP contribution in [0.3, 0.4) is 0 Å². The van der Waals surface area contributed by atoms with Crippen molar-refractivity contribution >= 4 is 34.2 Å². The number of para-hydroxylation sites is 1. The number of hydrogen-bond donors (Lipinski definition) is 1. The number of hydrogen-bond acceptors (Lipinski definition) is 7. The van der Waals surface area contributed by atoms with Gasteiger partial charge in [0.25, 0.3) is 5.91 Å². The van der Waals surface area contributed by atoms with Crippen molar-refractivity contribution in [3.8, 4) is 28.6 Å². The van der Waals surface area contributed by atoms with Crippen LogP contribution in [-0.4, -0.2) is 46.4 Å². The topological polar surface area (TPSA) is 90.6 Å². The Kier molecular flexibility index (Phi) is 7.88. The van der Waals surface area contributed by atoms with Crippen molar-refractivity contribution in [1.82, 2.24) is 20.2 Å². The van der Waals surface area contributed by atoms with Crippen molar-refractivity contribution in [3.05, 3.63) is 96.6 Å². The number of hydrazone groups is 1. The van der Waals surface area contributed by atoms with Gasteiger partial charge in [-0.1, -0.05) is 66.4 Å². The Balaban J connectivity index is 1.34. The first-order valence-corrected chi connectivity index (χ1v) is 13.2. The third kappa shape index (κ3) is 5.78. The minimum absolute atomic E-state index is 0.116. The van der Waals surface area contributed by atoms with Crippen LogP contribution in [0.4, 0.5) is 0 Å². The van der Waals surface area contributed by atoms with E-state index in [9.17, 15) is 4.79 Å². The summed E-state index contributed by atoms with van der Waals surface area (Å²) in [5, 5.41) is 16.0. The minimum atomic E-state index is -0.240. The highest BCUT2D eigenvalue weighted by Crippen LogP contribution is 2.34. The van der Waals surface area contributed by atoms with Crippen molar-refractivity contribution in [2.45, 2.75) is 12.1 Å². The molecule has 0 aliphatic carbocycles. The Hall–Kier alpha value is -4.63. The molecule has 0 aliphatic rings. The van der Waals surface area contributed by atoms with Crippen LogP contribution in [-0.2, 0) is 4.79 Å².